The van der Waals surface area contributed by atoms with Crippen LogP contribution in [-0.2, 0) is 0 Å². The fourth-order valence-electron chi connectivity index (χ4n) is 2.87. The first kappa shape index (κ1) is 18.8. The van der Waals surface area contributed by atoms with Gasteiger partial charge in [0.2, 0.25) is 11.1 Å². The molecule has 9 heteroatoms. The van der Waals surface area contributed by atoms with E-state index in [4.69, 9.17) is 11.5 Å². The van der Waals surface area contributed by atoms with Gasteiger partial charge in [0.1, 0.15) is 0 Å². The van der Waals surface area contributed by atoms with Crippen molar-refractivity contribution in [1.29, 1.82) is 0 Å². The maximum atomic E-state index is 5.30. The normalized spacial score (nSPS) is 14.7. The lowest BCUT2D eigenvalue weighted by Crippen LogP contribution is -2.22. The summed E-state index contributed by atoms with van der Waals surface area (Å²) in [6.45, 7) is 6.04. The van der Waals surface area contributed by atoms with Crippen LogP contribution in [-0.4, -0.2) is 36.0 Å². The molecular formula is C18H24N8S. The highest BCUT2D eigenvalue weighted by Gasteiger charge is 2.12. The molecule has 0 unspecified atom stereocenters. The summed E-state index contributed by atoms with van der Waals surface area (Å²) in [4.78, 5) is 7.77. The number of hydrazone groups is 1. The van der Waals surface area contributed by atoms with Crippen molar-refractivity contribution in [3.63, 3.8) is 0 Å². The highest BCUT2D eigenvalue weighted by Crippen LogP contribution is 2.23. The first-order valence-electron chi connectivity index (χ1n) is 8.78. The van der Waals surface area contributed by atoms with E-state index >= 15 is 0 Å². The Morgan fingerprint density at radius 2 is 1.89 bits per heavy atom. The van der Waals surface area contributed by atoms with Crippen LogP contribution in [0, 0.1) is 6.92 Å². The summed E-state index contributed by atoms with van der Waals surface area (Å²) in [5.74, 6) is -0.0739. The maximum Gasteiger partial charge on any atom is 0.211 e. The molecule has 3 rings (SSSR count). The quantitative estimate of drug-likeness (QED) is 0.402. The fraction of sp³-hybridized carbons (Fsp3) is 0.333. The van der Waals surface area contributed by atoms with Crippen molar-refractivity contribution >= 4 is 40.0 Å². The van der Waals surface area contributed by atoms with E-state index in [0.29, 0.717) is 10.8 Å². The van der Waals surface area contributed by atoms with Gasteiger partial charge < -0.3 is 16.4 Å². The Morgan fingerprint density at radius 3 is 2.56 bits per heavy atom. The maximum absolute atomic E-state index is 5.30. The second kappa shape index (κ2) is 8.63. The number of rotatable bonds is 6. The van der Waals surface area contributed by atoms with Crippen LogP contribution < -0.4 is 21.8 Å². The molecule has 0 amide bonds. The third-order valence-electron chi connectivity index (χ3n) is 4.18. The topological polar surface area (TPSA) is 117 Å². The monoisotopic (exact) mass is 384 g/mol. The fourth-order valence-corrected chi connectivity index (χ4v) is 3.72. The van der Waals surface area contributed by atoms with Gasteiger partial charge in [-0.1, -0.05) is 23.5 Å². The molecule has 142 valence electrons. The number of guanidine groups is 1. The standard InChI is InChI=1S/C18H24N8S/c1-12-16(13(2)23-24-17(19)20)27-18(22-12)25-21-11-14-5-7-15(8-6-14)26-9-3-4-10-26/h5-8,11H,3-4,9-10H2,1-2H3,(H,22,25)(H4,19,20,24)/b21-11+,23-13+. The SMILES string of the molecule is C/C(=N\N=C(N)N)c1sc(N/N=C/c2ccc(N3CCCC3)cc2)nc1C. The number of hydrogen-bond acceptors (Lipinski definition) is 7. The second-order valence-corrected chi connectivity index (χ2v) is 7.30. The number of thiazole rings is 1. The summed E-state index contributed by atoms with van der Waals surface area (Å²) in [6.07, 6.45) is 4.33. The number of aromatic nitrogens is 1. The van der Waals surface area contributed by atoms with Crippen molar-refractivity contribution in [2.45, 2.75) is 26.7 Å². The molecule has 1 saturated heterocycles. The van der Waals surface area contributed by atoms with Crippen LogP contribution >= 0.6 is 11.3 Å². The molecule has 2 heterocycles. The van der Waals surface area contributed by atoms with Crippen molar-refractivity contribution in [2.24, 2.45) is 26.8 Å². The minimum atomic E-state index is -0.0739. The van der Waals surface area contributed by atoms with Crippen molar-refractivity contribution in [3.8, 4) is 0 Å². The molecule has 0 atom stereocenters. The predicted molar refractivity (Wildman–Crippen MR) is 114 cm³/mol. The van der Waals surface area contributed by atoms with Gasteiger partial charge in [-0.3, -0.25) is 5.43 Å². The van der Waals surface area contributed by atoms with E-state index in [9.17, 15) is 0 Å². The van der Waals surface area contributed by atoms with Gasteiger partial charge in [0, 0.05) is 18.8 Å². The Kier molecular flexibility index (Phi) is 6.02. The van der Waals surface area contributed by atoms with Crippen molar-refractivity contribution in [2.75, 3.05) is 23.4 Å². The second-order valence-electron chi connectivity index (χ2n) is 6.30. The molecule has 2 aromatic rings. The largest absolute Gasteiger partial charge is 0.372 e. The molecule has 0 spiro atoms. The average molecular weight is 385 g/mol. The molecule has 1 fully saturated rings. The number of nitrogens with one attached hydrogen (secondary N) is 1. The summed E-state index contributed by atoms with van der Waals surface area (Å²) >= 11 is 1.45. The molecular weight excluding hydrogens is 360 g/mol. The Labute approximate surface area is 162 Å². The van der Waals surface area contributed by atoms with Crippen molar-refractivity contribution < 1.29 is 0 Å². The van der Waals surface area contributed by atoms with E-state index in [1.165, 1.54) is 29.9 Å². The zero-order valence-corrected chi connectivity index (χ0v) is 16.3. The summed E-state index contributed by atoms with van der Waals surface area (Å²) in [6, 6.07) is 8.43. The lowest BCUT2D eigenvalue weighted by molar-refractivity contribution is 0.949. The molecule has 5 N–H and O–H groups in total. The summed E-state index contributed by atoms with van der Waals surface area (Å²) in [5, 5.41) is 12.6. The van der Waals surface area contributed by atoms with Crippen LogP contribution in [0.15, 0.2) is 39.6 Å². The molecule has 1 aromatic carbocycles. The van der Waals surface area contributed by atoms with Gasteiger partial charge in [-0.25, -0.2) is 4.98 Å². The minimum absolute atomic E-state index is 0.0739. The number of nitrogens with two attached hydrogens (primary N) is 2. The van der Waals surface area contributed by atoms with Crippen LogP contribution in [0.3, 0.4) is 0 Å². The van der Waals surface area contributed by atoms with E-state index in [2.05, 4.69) is 54.9 Å². The van der Waals surface area contributed by atoms with E-state index in [1.807, 2.05) is 13.8 Å². The molecule has 27 heavy (non-hydrogen) atoms. The molecule has 1 aliphatic heterocycles. The summed E-state index contributed by atoms with van der Waals surface area (Å²) in [7, 11) is 0. The smallest absolute Gasteiger partial charge is 0.211 e. The number of hydrogen-bond donors (Lipinski definition) is 3. The highest BCUT2D eigenvalue weighted by molar-refractivity contribution is 7.17. The van der Waals surface area contributed by atoms with Gasteiger partial charge >= 0.3 is 0 Å². The third-order valence-corrected chi connectivity index (χ3v) is 5.35. The first-order valence-corrected chi connectivity index (χ1v) is 9.59. The molecule has 8 nitrogen and oxygen atoms in total. The van der Waals surface area contributed by atoms with Crippen LogP contribution in [0.4, 0.5) is 10.8 Å². The Hall–Kier alpha value is -2.94. The number of benzene rings is 1. The number of nitrogens with zero attached hydrogens (tertiary/aromatic N) is 5. The highest BCUT2D eigenvalue weighted by atomic mass is 32.1. The van der Waals surface area contributed by atoms with Gasteiger partial charge in [-0.05, 0) is 44.4 Å². The van der Waals surface area contributed by atoms with Crippen LogP contribution in [0.5, 0.6) is 0 Å². The van der Waals surface area contributed by atoms with Crippen LogP contribution in [0.2, 0.25) is 0 Å². The van der Waals surface area contributed by atoms with E-state index in [-0.39, 0.29) is 5.96 Å². The minimum Gasteiger partial charge on any atom is -0.372 e. The molecule has 1 aliphatic rings. The Bertz CT molecular complexity index is 856. The summed E-state index contributed by atoms with van der Waals surface area (Å²) in [5.41, 5.74) is 17.4. The summed E-state index contributed by atoms with van der Waals surface area (Å²) < 4.78 is 0. The van der Waals surface area contributed by atoms with E-state index in [1.54, 1.807) is 6.21 Å². The van der Waals surface area contributed by atoms with Gasteiger partial charge in [-0.15, -0.1) is 5.10 Å². The van der Waals surface area contributed by atoms with Gasteiger partial charge in [0.05, 0.1) is 22.5 Å². The zero-order valence-electron chi connectivity index (χ0n) is 15.5. The molecule has 0 aliphatic carbocycles. The number of anilines is 2. The first-order chi connectivity index (χ1) is 13.0. The van der Waals surface area contributed by atoms with Crippen molar-refractivity contribution in [3.05, 3.63) is 40.4 Å². The predicted octanol–water partition coefficient (Wildman–Crippen LogP) is 2.50. The van der Waals surface area contributed by atoms with Crippen LogP contribution in [0.1, 0.15) is 35.9 Å². The molecule has 0 saturated carbocycles. The number of aryl methyl sites for hydroxylation is 1. The Balaban J connectivity index is 1.62. The zero-order chi connectivity index (χ0) is 19.2. The lowest BCUT2D eigenvalue weighted by atomic mass is 10.2. The third kappa shape index (κ3) is 5.04. The van der Waals surface area contributed by atoms with Crippen LogP contribution in [0.25, 0.3) is 0 Å². The molecule has 1 aromatic heterocycles. The Morgan fingerprint density at radius 1 is 1.19 bits per heavy atom. The van der Waals surface area contributed by atoms with Crippen molar-refractivity contribution in [1.82, 2.24) is 4.98 Å². The van der Waals surface area contributed by atoms with Gasteiger partial charge in [0.15, 0.2) is 0 Å². The van der Waals surface area contributed by atoms with Gasteiger partial charge in [-0.2, -0.15) is 10.2 Å². The average Bonchev–Trinajstić information content (AvgIpc) is 3.30. The van der Waals surface area contributed by atoms with E-state index < -0.39 is 0 Å². The lowest BCUT2D eigenvalue weighted by Gasteiger charge is -2.17. The molecule has 0 radical (unpaired) electrons. The van der Waals surface area contributed by atoms with E-state index in [0.717, 1.165) is 29.2 Å². The molecule has 0 bridgehead atoms. The van der Waals surface area contributed by atoms with Gasteiger partial charge in [0.25, 0.3) is 0 Å².